The Bertz CT molecular complexity index is 941. The predicted molar refractivity (Wildman–Crippen MR) is 102 cm³/mol. The van der Waals surface area contributed by atoms with Crippen LogP contribution in [0.15, 0.2) is 45.8 Å². The van der Waals surface area contributed by atoms with Crippen molar-refractivity contribution in [2.24, 2.45) is 0 Å². The van der Waals surface area contributed by atoms with Crippen LogP contribution in [0.4, 0.5) is 11.4 Å². The number of aryl methyl sites for hydroxylation is 1. The fraction of sp³-hybridized carbons (Fsp3) is 0.278. The Morgan fingerprint density at radius 3 is 2.68 bits per heavy atom. The van der Waals surface area contributed by atoms with E-state index in [9.17, 15) is 13.2 Å². The van der Waals surface area contributed by atoms with Gasteiger partial charge in [0.2, 0.25) is 5.91 Å². The van der Waals surface area contributed by atoms with Gasteiger partial charge in [0.15, 0.2) is 0 Å². The molecule has 2 aromatic rings. The van der Waals surface area contributed by atoms with E-state index >= 15 is 0 Å². The number of nitrogens with one attached hydrogen (secondary N) is 1. The molecule has 0 aliphatic carbocycles. The minimum absolute atomic E-state index is 0.0535. The number of carbonyl (C=O) groups excluding carboxylic acids is 1. The highest BCUT2D eigenvalue weighted by molar-refractivity contribution is 9.10. The first-order chi connectivity index (χ1) is 11.8. The number of sulfonamides is 1. The summed E-state index contributed by atoms with van der Waals surface area (Å²) in [5.41, 5.74) is 3.16. The Morgan fingerprint density at radius 2 is 2.00 bits per heavy atom. The number of benzene rings is 2. The summed E-state index contributed by atoms with van der Waals surface area (Å²) < 4.78 is 28.9. The van der Waals surface area contributed by atoms with Crippen molar-refractivity contribution >= 4 is 43.2 Å². The van der Waals surface area contributed by atoms with Crippen LogP contribution in [0.1, 0.15) is 24.5 Å². The normalized spacial score (nSPS) is 13.6. The Hall–Kier alpha value is -1.86. The molecule has 0 saturated heterocycles. The molecular formula is C18H19BrN2O3S. The summed E-state index contributed by atoms with van der Waals surface area (Å²) in [6, 6.07) is 10.2. The molecule has 0 spiro atoms. The van der Waals surface area contributed by atoms with E-state index in [0.717, 1.165) is 21.3 Å². The molecule has 25 heavy (non-hydrogen) atoms. The van der Waals surface area contributed by atoms with Crippen LogP contribution in [0.2, 0.25) is 0 Å². The molecule has 0 bridgehead atoms. The van der Waals surface area contributed by atoms with E-state index in [1.165, 1.54) is 0 Å². The smallest absolute Gasteiger partial charge is 0.261 e. The molecule has 3 rings (SSSR count). The first kappa shape index (κ1) is 17.9. The molecule has 7 heteroatoms. The third kappa shape index (κ3) is 3.57. The van der Waals surface area contributed by atoms with Gasteiger partial charge in [0.25, 0.3) is 10.0 Å². The average molecular weight is 423 g/mol. The number of halogens is 1. The molecule has 1 heterocycles. The molecule has 1 amide bonds. The van der Waals surface area contributed by atoms with Crippen LogP contribution in [0.5, 0.6) is 0 Å². The molecule has 1 N–H and O–H groups in total. The van der Waals surface area contributed by atoms with E-state index in [4.69, 9.17) is 0 Å². The maximum atomic E-state index is 12.7. The van der Waals surface area contributed by atoms with E-state index in [2.05, 4.69) is 20.7 Å². The lowest BCUT2D eigenvalue weighted by molar-refractivity contribution is -0.118. The average Bonchev–Trinajstić information content (AvgIpc) is 3.00. The van der Waals surface area contributed by atoms with Crippen molar-refractivity contribution in [2.75, 3.05) is 16.2 Å². The van der Waals surface area contributed by atoms with Crippen LogP contribution in [-0.2, 0) is 21.2 Å². The van der Waals surface area contributed by atoms with Gasteiger partial charge in [0.05, 0.1) is 4.90 Å². The molecule has 0 saturated carbocycles. The molecule has 1 aliphatic rings. The molecule has 0 radical (unpaired) electrons. The molecule has 2 aromatic carbocycles. The van der Waals surface area contributed by atoms with Crippen molar-refractivity contribution in [3.63, 3.8) is 0 Å². The topological polar surface area (TPSA) is 66.5 Å². The summed E-state index contributed by atoms with van der Waals surface area (Å²) in [5, 5.41) is 0. The van der Waals surface area contributed by atoms with Gasteiger partial charge in [-0.2, -0.15) is 0 Å². The molecular weight excluding hydrogens is 404 g/mol. The third-order valence-corrected chi connectivity index (χ3v) is 6.54. The number of carbonyl (C=O) groups is 1. The minimum Gasteiger partial charge on any atom is -0.312 e. The van der Waals surface area contributed by atoms with Crippen molar-refractivity contribution in [2.45, 2.75) is 31.6 Å². The fourth-order valence-electron chi connectivity index (χ4n) is 2.92. The number of anilines is 2. The lowest BCUT2D eigenvalue weighted by atomic mass is 10.2. The fourth-order valence-corrected chi connectivity index (χ4v) is 4.26. The van der Waals surface area contributed by atoms with Gasteiger partial charge >= 0.3 is 0 Å². The maximum absolute atomic E-state index is 12.7. The SMILES string of the molecule is CCC(=O)N1CCc2cc(S(=O)(=O)Nc3ccc(Br)c(C)c3)ccc21. The van der Waals surface area contributed by atoms with Gasteiger partial charge in [-0.25, -0.2) is 8.42 Å². The zero-order chi connectivity index (χ0) is 18.2. The van der Waals surface area contributed by atoms with Crippen molar-refractivity contribution in [1.29, 1.82) is 0 Å². The van der Waals surface area contributed by atoms with Gasteiger partial charge < -0.3 is 4.90 Å². The second-order valence-corrected chi connectivity index (χ2v) is 8.55. The van der Waals surface area contributed by atoms with Gasteiger partial charge in [-0.1, -0.05) is 22.9 Å². The molecule has 0 fully saturated rings. The van der Waals surface area contributed by atoms with Crippen molar-refractivity contribution in [3.05, 3.63) is 52.0 Å². The van der Waals surface area contributed by atoms with E-state index in [0.29, 0.717) is 25.1 Å². The van der Waals surface area contributed by atoms with Crippen molar-refractivity contribution < 1.29 is 13.2 Å². The van der Waals surface area contributed by atoms with Gasteiger partial charge in [-0.3, -0.25) is 9.52 Å². The number of nitrogens with zero attached hydrogens (tertiary/aromatic N) is 1. The van der Waals surface area contributed by atoms with Crippen LogP contribution in [0.3, 0.4) is 0 Å². The molecule has 132 valence electrons. The number of amides is 1. The number of rotatable bonds is 4. The Morgan fingerprint density at radius 1 is 1.24 bits per heavy atom. The maximum Gasteiger partial charge on any atom is 0.261 e. The van der Waals surface area contributed by atoms with E-state index in [-0.39, 0.29) is 10.8 Å². The summed E-state index contributed by atoms with van der Waals surface area (Å²) in [4.78, 5) is 13.9. The van der Waals surface area contributed by atoms with Crippen LogP contribution in [-0.4, -0.2) is 20.9 Å². The van der Waals surface area contributed by atoms with Crippen molar-refractivity contribution in [3.8, 4) is 0 Å². The van der Waals surface area contributed by atoms with Crippen LogP contribution in [0, 0.1) is 6.92 Å². The lowest BCUT2D eigenvalue weighted by Crippen LogP contribution is -2.27. The van der Waals surface area contributed by atoms with Crippen LogP contribution >= 0.6 is 15.9 Å². The Kier molecular flexibility index (Phi) is 4.88. The summed E-state index contributed by atoms with van der Waals surface area (Å²) in [6.45, 7) is 4.32. The van der Waals surface area contributed by atoms with Crippen LogP contribution < -0.4 is 9.62 Å². The number of hydrogen-bond acceptors (Lipinski definition) is 3. The molecule has 5 nitrogen and oxygen atoms in total. The first-order valence-corrected chi connectivity index (χ1v) is 10.3. The quantitative estimate of drug-likeness (QED) is 0.812. The number of fused-ring (bicyclic) bond motifs is 1. The van der Waals surface area contributed by atoms with E-state index in [1.54, 1.807) is 35.2 Å². The van der Waals surface area contributed by atoms with Crippen LogP contribution in [0.25, 0.3) is 0 Å². The molecule has 0 aromatic heterocycles. The second kappa shape index (κ2) is 6.80. The molecule has 1 aliphatic heterocycles. The second-order valence-electron chi connectivity index (χ2n) is 6.01. The summed E-state index contributed by atoms with van der Waals surface area (Å²) >= 11 is 3.40. The summed E-state index contributed by atoms with van der Waals surface area (Å²) in [5.74, 6) is 0.0535. The van der Waals surface area contributed by atoms with Gasteiger partial charge in [0.1, 0.15) is 0 Å². The number of hydrogen-bond donors (Lipinski definition) is 1. The standard InChI is InChI=1S/C18H19BrN2O3S/c1-3-18(22)21-9-8-13-11-15(5-7-17(13)21)25(23,24)20-14-4-6-16(19)12(2)10-14/h4-7,10-11,20H,3,8-9H2,1-2H3. The highest BCUT2D eigenvalue weighted by Gasteiger charge is 2.25. The zero-order valence-corrected chi connectivity index (χ0v) is 16.4. The first-order valence-electron chi connectivity index (χ1n) is 8.04. The Labute approximate surface area is 156 Å². The highest BCUT2D eigenvalue weighted by Crippen LogP contribution is 2.31. The lowest BCUT2D eigenvalue weighted by Gasteiger charge is -2.16. The zero-order valence-electron chi connectivity index (χ0n) is 14.0. The van der Waals surface area contributed by atoms with Gasteiger partial charge in [-0.05, 0) is 60.9 Å². The van der Waals surface area contributed by atoms with Crippen molar-refractivity contribution in [1.82, 2.24) is 0 Å². The predicted octanol–water partition coefficient (Wildman–Crippen LogP) is 3.86. The van der Waals surface area contributed by atoms with E-state index < -0.39 is 10.0 Å². The minimum atomic E-state index is -3.68. The van der Waals surface area contributed by atoms with Gasteiger partial charge in [-0.15, -0.1) is 0 Å². The third-order valence-electron chi connectivity index (χ3n) is 4.27. The monoisotopic (exact) mass is 422 g/mol. The van der Waals surface area contributed by atoms with E-state index in [1.807, 2.05) is 19.9 Å². The Balaban J connectivity index is 1.89. The largest absolute Gasteiger partial charge is 0.312 e. The summed E-state index contributed by atoms with van der Waals surface area (Å²) in [6.07, 6.45) is 1.10. The van der Waals surface area contributed by atoms with Gasteiger partial charge in [0, 0.05) is 28.8 Å². The molecule has 0 atom stereocenters. The summed E-state index contributed by atoms with van der Waals surface area (Å²) in [7, 11) is -3.68. The molecule has 0 unspecified atom stereocenters. The highest BCUT2D eigenvalue weighted by atomic mass is 79.9.